The van der Waals surface area contributed by atoms with Crippen molar-refractivity contribution in [2.24, 2.45) is 0 Å². The van der Waals surface area contributed by atoms with E-state index in [-0.39, 0.29) is 18.0 Å². The summed E-state index contributed by atoms with van der Waals surface area (Å²) in [6.45, 7) is 3.89. The van der Waals surface area contributed by atoms with Crippen molar-refractivity contribution in [3.63, 3.8) is 0 Å². The van der Waals surface area contributed by atoms with Gasteiger partial charge in [0, 0.05) is 6.04 Å². The van der Waals surface area contributed by atoms with E-state index in [1.807, 2.05) is 12.1 Å². The number of rotatable bonds is 7. The SMILES string of the molecule is CCC(CCc1ccc(C(=O)OC)cc1)Nc1nc(C)nc(N)n1. The van der Waals surface area contributed by atoms with Gasteiger partial charge in [0.1, 0.15) is 5.82 Å². The minimum Gasteiger partial charge on any atom is -0.465 e. The smallest absolute Gasteiger partial charge is 0.337 e. The van der Waals surface area contributed by atoms with Crippen LogP contribution in [0.5, 0.6) is 0 Å². The average molecular weight is 329 g/mol. The van der Waals surface area contributed by atoms with Crippen molar-refractivity contribution in [3.05, 3.63) is 41.2 Å². The number of nitrogen functional groups attached to an aromatic ring is 1. The Morgan fingerprint density at radius 2 is 1.96 bits per heavy atom. The lowest BCUT2D eigenvalue weighted by Crippen LogP contribution is -2.21. The normalized spacial score (nSPS) is 11.8. The van der Waals surface area contributed by atoms with Crippen LogP contribution in [-0.2, 0) is 11.2 Å². The van der Waals surface area contributed by atoms with Crippen LogP contribution in [0, 0.1) is 6.92 Å². The number of anilines is 2. The van der Waals surface area contributed by atoms with Crippen LogP contribution in [0.15, 0.2) is 24.3 Å². The molecule has 0 saturated carbocycles. The molecule has 1 aromatic heterocycles. The van der Waals surface area contributed by atoms with Crippen molar-refractivity contribution >= 4 is 17.9 Å². The number of aryl methyl sites for hydroxylation is 2. The first-order chi connectivity index (χ1) is 11.5. The van der Waals surface area contributed by atoms with Gasteiger partial charge in [-0.3, -0.25) is 0 Å². The second-order valence-corrected chi connectivity index (χ2v) is 5.54. The van der Waals surface area contributed by atoms with Crippen LogP contribution in [0.4, 0.5) is 11.9 Å². The van der Waals surface area contributed by atoms with Gasteiger partial charge in [-0.2, -0.15) is 15.0 Å². The maximum absolute atomic E-state index is 11.4. The van der Waals surface area contributed by atoms with Gasteiger partial charge in [-0.05, 0) is 43.9 Å². The van der Waals surface area contributed by atoms with Gasteiger partial charge >= 0.3 is 5.97 Å². The summed E-state index contributed by atoms with van der Waals surface area (Å²) in [6.07, 6.45) is 2.73. The number of nitrogens with zero attached hydrogens (tertiary/aromatic N) is 3. The Labute approximate surface area is 141 Å². The van der Waals surface area contributed by atoms with Crippen LogP contribution < -0.4 is 11.1 Å². The van der Waals surface area contributed by atoms with E-state index >= 15 is 0 Å². The minimum atomic E-state index is -0.322. The molecule has 128 valence electrons. The number of esters is 1. The quantitative estimate of drug-likeness (QED) is 0.752. The number of ether oxygens (including phenoxy) is 1. The summed E-state index contributed by atoms with van der Waals surface area (Å²) in [5, 5.41) is 3.30. The Hall–Kier alpha value is -2.70. The first-order valence-corrected chi connectivity index (χ1v) is 7.93. The number of methoxy groups -OCH3 is 1. The summed E-state index contributed by atoms with van der Waals surface area (Å²) in [6, 6.07) is 7.69. The number of nitrogens with one attached hydrogen (secondary N) is 1. The molecule has 0 bridgehead atoms. The van der Waals surface area contributed by atoms with Gasteiger partial charge in [0.05, 0.1) is 12.7 Å². The van der Waals surface area contributed by atoms with Gasteiger partial charge < -0.3 is 15.8 Å². The second-order valence-electron chi connectivity index (χ2n) is 5.54. The fourth-order valence-electron chi connectivity index (χ4n) is 2.39. The van der Waals surface area contributed by atoms with Crippen molar-refractivity contribution in [2.45, 2.75) is 39.2 Å². The maximum Gasteiger partial charge on any atom is 0.337 e. The zero-order chi connectivity index (χ0) is 17.5. The largest absolute Gasteiger partial charge is 0.465 e. The molecule has 0 aliphatic carbocycles. The van der Waals surface area contributed by atoms with Gasteiger partial charge in [0.2, 0.25) is 11.9 Å². The van der Waals surface area contributed by atoms with E-state index in [1.165, 1.54) is 7.11 Å². The number of carbonyl (C=O) groups excluding carboxylic acids is 1. The van der Waals surface area contributed by atoms with Crippen LogP contribution in [0.3, 0.4) is 0 Å². The summed E-state index contributed by atoms with van der Waals surface area (Å²) >= 11 is 0. The van der Waals surface area contributed by atoms with Gasteiger partial charge in [-0.25, -0.2) is 4.79 Å². The van der Waals surface area contributed by atoms with Crippen LogP contribution in [0.25, 0.3) is 0 Å². The van der Waals surface area contributed by atoms with Crippen LogP contribution in [0.2, 0.25) is 0 Å². The molecule has 1 aromatic carbocycles. The molecule has 24 heavy (non-hydrogen) atoms. The summed E-state index contributed by atoms with van der Waals surface area (Å²) in [4.78, 5) is 23.8. The molecule has 7 nitrogen and oxygen atoms in total. The van der Waals surface area contributed by atoms with Crippen molar-refractivity contribution in [1.82, 2.24) is 15.0 Å². The van der Waals surface area contributed by atoms with Crippen molar-refractivity contribution in [2.75, 3.05) is 18.2 Å². The van der Waals surface area contributed by atoms with Crippen molar-refractivity contribution in [1.29, 1.82) is 0 Å². The standard InChI is InChI=1S/C17H23N5O2/c1-4-14(21-17-20-11(2)19-16(18)22-17)10-7-12-5-8-13(9-6-12)15(23)24-3/h5-6,8-9,14H,4,7,10H2,1-3H3,(H3,18,19,20,21,22). The zero-order valence-corrected chi connectivity index (χ0v) is 14.2. The molecule has 0 amide bonds. The van der Waals surface area contributed by atoms with E-state index in [1.54, 1.807) is 19.1 Å². The molecular formula is C17H23N5O2. The van der Waals surface area contributed by atoms with Crippen LogP contribution in [0.1, 0.15) is 41.5 Å². The number of nitrogens with two attached hydrogens (primary N) is 1. The molecule has 1 atom stereocenters. The highest BCUT2D eigenvalue weighted by Crippen LogP contribution is 2.13. The number of hydrogen-bond acceptors (Lipinski definition) is 7. The Bertz CT molecular complexity index is 668. The summed E-state index contributed by atoms with van der Waals surface area (Å²) in [5.41, 5.74) is 7.37. The first kappa shape index (κ1) is 17.7. The van der Waals surface area contributed by atoms with Gasteiger partial charge in [0.25, 0.3) is 0 Å². The number of aromatic nitrogens is 3. The molecule has 7 heteroatoms. The monoisotopic (exact) mass is 329 g/mol. The van der Waals surface area contributed by atoms with Gasteiger partial charge in [0.15, 0.2) is 0 Å². The third-order valence-corrected chi connectivity index (χ3v) is 3.75. The molecule has 1 unspecified atom stereocenters. The Morgan fingerprint density at radius 3 is 2.54 bits per heavy atom. The van der Waals surface area contributed by atoms with Gasteiger partial charge in [-0.15, -0.1) is 0 Å². The lowest BCUT2D eigenvalue weighted by Gasteiger charge is -2.17. The summed E-state index contributed by atoms with van der Waals surface area (Å²) < 4.78 is 4.70. The topological polar surface area (TPSA) is 103 Å². The highest BCUT2D eigenvalue weighted by atomic mass is 16.5. The lowest BCUT2D eigenvalue weighted by atomic mass is 10.0. The Balaban J connectivity index is 1.94. The first-order valence-electron chi connectivity index (χ1n) is 7.93. The number of benzene rings is 1. The van der Waals surface area contributed by atoms with Crippen LogP contribution >= 0.6 is 0 Å². The maximum atomic E-state index is 11.4. The predicted molar refractivity (Wildman–Crippen MR) is 92.8 cm³/mol. The third-order valence-electron chi connectivity index (χ3n) is 3.75. The van der Waals surface area contributed by atoms with Crippen LogP contribution in [-0.4, -0.2) is 34.1 Å². The zero-order valence-electron chi connectivity index (χ0n) is 14.2. The molecule has 2 aromatic rings. The summed E-state index contributed by atoms with van der Waals surface area (Å²) in [5.74, 6) is 1.00. The molecule has 0 aliphatic heterocycles. The Morgan fingerprint density at radius 1 is 1.25 bits per heavy atom. The molecule has 2 rings (SSSR count). The predicted octanol–water partition coefficient (Wildman–Crippen LogP) is 2.37. The highest BCUT2D eigenvalue weighted by molar-refractivity contribution is 5.89. The molecule has 0 radical (unpaired) electrons. The van der Waals surface area contributed by atoms with Crippen molar-refractivity contribution in [3.8, 4) is 0 Å². The molecule has 1 heterocycles. The molecule has 0 spiro atoms. The van der Waals surface area contributed by atoms with E-state index in [9.17, 15) is 4.79 Å². The molecule has 3 N–H and O–H groups in total. The fourth-order valence-corrected chi connectivity index (χ4v) is 2.39. The summed E-state index contributed by atoms with van der Waals surface area (Å²) in [7, 11) is 1.38. The van der Waals surface area contributed by atoms with E-state index in [4.69, 9.17) is 10.5 Å². The number of hydrogen-bond donors (Lipinski definition) is 2. The van der Waals surface area contributed by atoms with E-state index in [0.717, 1.165) is 24.8 Å². The van der Waals surface area contributed by atoms with E-state index in [0.29, 0.717) is 17.3 Å². The van der Waals surface area contributed by atoms with Crippen molar-refractivity contribution < 1.29 is 9.53 Å². The van der Waals surface area contributed by atoms with Gasteiger partial charge in [-0.1, -0.05) is 19.1 Å². The minimum absolute atomic E-state index is 0.221. The molecule has 0 fully saturated rings. The average Bonchev–Trinajstić information content (AvgIpc) is 2.57. The van der Waals surface area contributed by atoms with E-state index in [2.05, 4.69) is 27.2 Å². The molecule has 0 saturated heterocycles. The number of carbonyl (C=O) groups is 1. The van der Waals surface area contributed by atoms with E-state index < -0.39 is 0 Å². The third kappa shape index (κ3) is 4.91. The molecule has 0 aliphatic rings. The lowest BCUT2D eigenvalue weighted by molar-refractivity contribution is 0.0600. The molecular weight excluding hydrogens is 306 g/mol. The highest BCUT2D eigenvalue weighted by Gasteiger charge is 2.10. The second kappa shape index (κ2) is 8.24. The fraction of sp³-hybridized carbons (Fsp3) is 0.412. The Kier molecular flexibility index (Phi) is 6.06.